The van der Waals surface area contributed by atoms with Gasteiger partial charge < -0.3 is 10.1 Å². The van der Waals surface area contributed by atoms with Crippen LogP contribution in [-0.4, -0.2) is 17.6 Å². The van der Waals surface area contributed by atoms with E-state index in [0.29, 0.717) is 10.7 Å². The number of ether oxygens (including phenoxy) is 1. The predicted molar refractivity (Wildman–Crippen MR) is 85.5 cm³/mol. The van der Waals surface area contributed by atoms with Crippen molar-refractivity contribution in [2.45, 2.75) is 13.5 Å². The first-order valence-corrected chi connectivity index (χ1v) is 7.09. The summed E-state index contributed by atoms with van der Waals surface area (Å²) >= 11 is 5.96. The van der Waals surface area contributed by atoms with Crippen LogP contribution in [0, 0.1) is 18.8 Å². The molecule has 2 aromatic rings. The zero-order chi connectivity index (χ0) is 15.8. The molecule has 0 spiro atoms. The average Bonchev–Trinajstić information content (AvgIpc) is 2.53. The molecule has 0 aliphatic rings. The first-order chi connectivity index (χ1) is 10.7. The van der Waals surface area contributed by atoms with Crippen molar-refractivity contribution < 1.29 is 9.53 Å². The smallest absolute Gasteiger partial charge is 0.408 e. The van der Waals surface area contributed by atoms with Crippen LogP contribution in [0.3, 0.4) is 0 Å². The summed E-state index contributed by atoms with van der Waals surface area (Å²) in [5.41, 5.74) is 2.55. The van der Waals surface area contributed by atoms with Gasteiger partial charge in [0.25, 0.3) is 0 Å². The number of benzene rings is 1. The molecule has 2 rings (SSSR count). The van der Waals surface area contributed by atoms with Crippen molar-refractivity contribution in [3.63, 3.8) is 0 Å². The van der Waals surface area contributed by atoms with Gasteiger partial charge in [-0.1, -0.05) is 53.8 Å². The van der Waals surface area contributed by atoms with Gasteiger partial charge in [-0.25, -0.2) is 9.78 Å². The minimum atomic E-state index is -0.507. The molecule has 1 N–H and O–H groups in total. The Morgan fingerprint density at radius 2 is 2.09 bits per heavy atom. The normalized spacial score (nSPS) is 9.55. The van der Waals surface area contributed by atoms with E-state index in [2.05, 4.69) is 22.1 Å². The molecule has 0 fully saturated rings. The van der Waals surface area contributed by atoms with Gasteiger partial charge in [0.2, 0.25) is 0 Å². The molecule has 1 amide bonds. The Bertz CT molecular complexity index is 685. The van der Waals surface area contributed by atoms with Gasteiger partial charge in [0.05, 0.1) is 12.1 Å². The molecule has 1 aromatic heterocycles. The summed E-state index contributed by atoms with van der Waals surface area (Å²) < 4.78 is 5.07. The summed E-state index contributed by atoms with van der Waals surface area (Å²) in [6, 6.07) is 11.3. The highest BCUT2D eigenvalue weighted by Gasteiger charge is 2.02. The average molecular weight is 315 g/mol. The van der Waals surface area contributed by atoms with Gasteiger partial charge in [0.1, 0.15) is 11.8 Å². The first-order valence-electron chi connectivity index (χ1n) is 6.71. The van der Waals surface area contributed by atoms with Crippen LogP contribution < -0.4 is 5.32 Å². The first kappa shape index (κ1) is 15.9. The third-order valence-electron chi connectivity index (χ3n) is 2.86. The number of hydrogen-bond donors (Lipinski definition) is 1. The third-order valence-corrected chi connectivity index (χ3v) is 3.15. The summed E-state index contributed by atoms with van der Waals surface area (Å²) in [6.07, 6.45) is 1.12. The molecule has 0 atom stereocenters. The SMILES string of the molecule is Cc1ccnc(Cl)c1C#CCNC(=O)OCc1ccccc1. The van der Waals surface area contributed by atoms with Crippen LogP contribution in [0.25, 0.3) is 0 Å². The second-order valence-electron chi connectivity index (χ2n) is 4.51. The summed E-state index contributed by atoms with van der Waals surface area (Å²) in [7, 11) is 0. The second kappa shape index (κ2) is 8.06. The quantitative estimate of drug-likeness (QED) is 0.698. The van der Waals surface area contributed by atoms with Crippen LogP contribution >= 0.6 is 11.6 Å². The van der Waals surface area contributed by atoms with Gasteiger partial charge in [0, 0.05) is 6.20 Å². The van der Waals surface area contributed by atoms with Crippen molar-refractivity contribution in [3.8, 4) is 11.8 Å². The second-order valence-corrected chi connectivity index (χ2v) is 4.87. The van der Waals surface area contributed by atoms with Crippen LogP contribution in [0.1, 0.15) is 16.7 Å². The van der Waals surface area contributed by atoms with Gasteiger partial charge in [0.15, 0.2) is 0 Å². The Balaban J connectivity index is 1.79. The molecular weight excluding hydrogens is 300 g/mol. The molecule has 0 aliphatic heterocycles. The van der Waals surface area contributed by atoms with Gasteiger partial charge >= 0.3 is 6.09 Å². The highest BCUT2D eigenvalue weighted by atomic mass is 35.5. The van der Waals surface area contributed by atoms with Gasteiger partial charge in [-0.2, -0.15) is 0 Å². The summed E-state index contributed by atoms with van der Waals surface area (Å²) in [4.78, 5) is 15.5. The Labute approximate surface area is 134 Å². The number of alkyl carbamates (subject to hydrolysis) is 1. The zero-order valence-corrected chi connectivity index (χ0v) is 12.9. The maximum absolute atomic E-state index is 11.5. The van der Waals surface area contributed by atoms with Crippen molar-refractivity contribution in [3.05, 3.63) is 64.4 Å². The molecule has 0 aliphatic carbocycles. The lowest BCUT2D eigenvalue weighted by molar-refractivity contribution is 0.141. The van der Waals surface area contributed by atoms with Gasteiger partial charge in [-0.3, -0.25) is 0 Å². The third kappa shape index (κ3) is 4.80. The molecule has 0 saturated heterocycles. The molecular formula is C17H15ClN2O2. The number of rotatable bonds is 3. The van der Waals surface area contributed by atoms with Crippen LogP contribution in [0.15, 0.2) is 42.6 Å². The molecule has 1 heterocycles. The molecule has 0 unspecified atom stereocenters. The Morgan fingerprint density at radius 1 is 1.32 bits per heavy atom. The van der Waals surface area contributed by atoms with Crippen LogP contribution in [0.4, 0.5) is 4.79 Å². The summed E-state index contributed by atoms with van der Waals surface area (Å²) in [5.74, 6) is 5.72. The summed E-state index contributed by atoms with van der Waals surface area (Å²) in [5, 5.41) is 2.92. The van der Waals surface area contributed by atoms with E-state index in [0.717, 1.165) is 11.1 Å². The van der Waals surface area contributed by atoms with Crippen LogP contribution in [0.2, 0.25) is 5.15 Å². The monoisotopic (exact) mass is 314 g/mol. The molecule has 5 heteroatoms. The van der Waals surface area contributed by atoms with E-state index in [4.69, 9.17) is 16.3 Å². The van der Waals surface area contributed by atoms with Crippen LogP contribution in [-0.2, 0) is 11.3 Å². The van der Waals surface area contributed by atoms with Crippen molar-refractivity contribution in [2.75, 3.05) is 6.54 Å². The van der Waals surface area contributed by atoms with E-state index in [1.165, 1.54) is 0 Å². The molecule has 0 saturated carbocycles. The standard InChI is InChI=1S/C17H15ClN2O2/c1-13-9-11-19-16(18)15(13)8-5-10-20-17(21)22-12-14-6-3-2-4-7-14/h2-4,6-7,9,11H,10,12H2,1H3,(H,20,21). The van der Waals surface area contributed by atoms with Gasteiger partial charge in [-0.15, -0.1) is 0 Å². The van der Waals surface area contributed by atoms with Crippen LogP contribution in [0.5, 0.6) is 0 Å². The molecule has 0 radical (unpaired) electrons. The lowest BCUT2D eigenvalue weighted by atomic mass is 10.2. The fraction of sp³-hybridized carbons (Fsp3) is 0.176. The molecule has 0 bridgehead atoms. The number of aromatic nitrogens is 1. The van der Waals surface area contributed by atoms with E-state index in [-0.39, 0.29) is 13.2 Å². The number of carbonyl (C=O) groups is 1. The van der Waals surface area contributed by atoms with E-state index in [1.807, 2.05) is 43.3 Å². The minimum absolute atomic E-state index is 0.179. The van der Waals surface area contributed by atoms with E-state index < -0.39 is 6.09 Å². The Kier molecular flexibility index (Phi) is 5.81. The maximum atomic E-state index is 11.5. The van der Waals surface area contributed by atoms with Crippen molar-refractivity contribution in [1.29, 1.82) is 0 Å². The molecule has 4 nitrogen and oxygen atoms in total. The minimum Gasteiger partial charge on any atom is -0.445 e. The lowest BCUT2D eigenvalue weighted by Crippen LogP contribution is -2.24. The highest BCUT2D eigenvalue weighted by Crippen LogP contribution is 2.14. The molecule has 112 valence electrons. The number of nitrogens with zero attached hydrogens (tertiary/aromatic N) is 1. The number of nitrogens with one attached hydrogen (secondary N) is 1. The largest absolute Gasteiger partial charge is 0.445 e. The Morgan fingerprint density at radius 3 is 2.82 bits per heavy atom. The number of halogens is 1. The topological polar surface area (TPSA) is 51.2 Å². The van der Waals surface area contributed by atoms with E-state index >= 15 is 0 Å². The predicted octanol–water partition coefficient (Wildman–Crippen LogP) is 3.32. The van der Waals surface area contributed by atoms with Gasteiger partial charge in [-0.05, 0) is 24.1 Å². The number of aryl methyl sites for hydroxylation is 1. The fourth-order valence-electron chi connectivity index (χ4n) is 1.70. The zero-order valence-electron chi connectivity index (χ0n) is 12.1. The van der Waals surface area contributed by atoms with E-state index in [1.54, 1.807) is 6.20 Å². The number of hydrogen-bond acceptors (Lipinski definition) is 3. The number of amides is 1. The maximum Gasteiger partial charge on any atom is 0.408 e. The fourth-order valence-corrected chi connectivity index (χ4v) is 1.95. The number of carbonyl (C=O) groups excluding carboxylic acids is 1. The summed E-state index contributed by atoms with van der Waals surface area (Å²) in [6.45, 7) is 2.31. The molecule has 22 heavy (non-hydrogen) atoms. The number of pyridine rings is 1. The Hall–Kier alpha value is -2.51. The lowest BCUT2D eigenvalue weighted by Gasteiger charge is -2.04. The highest BCUT2D eigenvalue weighted by molar-refractivity contribution is 6.30. The van der Waals surface area contributed by atoms with Crippen molar-refractivity contribution >= 4 is 17.7 Å². The van der Waals surface area contributed by atoms with Crippen molar-refractivity contribution in [2.24, 2.45) is 0 Å². The van der Waals surface area contributed by atoms with E-state index in [9.17, 15) is 4.79 Å². The van der Waals surface area contributed by atoms with Crippen molar-refractivity contribution in [1.82, 2.24) is 10.3 Å². The molecule has 1 aromatic carbocycles.